The van der Waals surface area contributed by atoms with Crippen LogP contribution in [0.5, 0.6) is 5.75 Å². The molecule has 0 spiro atoms. The van der Waals surface area contributed by atoms with Crippen LogP contribution in [0.25, 0.3) is 11.3 Å². The number of aromatic nitrogens is 2. The van der Waals surface area contributed by atoms with Crippen molar-refractivity contribution in [2.24, 2.45) is 7.05 Å². The van der Waals surface area contributed by atoms with Gasteiger partial charge in [-0.25, -0.2) is 0 Å². The van der Waals surface area contributed by atoms with E-state index < -0.39 is 0 Å². The Balaban J connectivity index is 1.73. The van der Waals surface area contributed by atoms with Gasteiger partial charge in [0, 0.05) is 19.2 Å². The summed E-state index contributed by atoms with van der Waals surface area (Å²) in [6, 6.07) is 17.5. The van der Waals surface area contributed by atoms with Crippen LogP contribution < -0.4 is 10.1 Å². The van der Waals surface area contributed by atoms with Crippen LogP contribution in [-0.4, -0.2) is 22.8 Å². The number of amides is 1. The molecule has 128 valence electrons. The second-order valence-corrected chi connectivity index (χ2v) is 5.94. The van der Waals surface area contributed by atoms with Crippen LogP contribution in [-0.2, 0) is 13.6 Å². The van der Waals surface area contributed by atoms with Crippen molar-refractivity contribution in [3.05, 3.63) is 71.4 Å². The zero-order valence-corrected chi connectivity index (χ0v) is 14.6. The molecule has 0 aliphatic rings. The summed E-state index contributed by atoms with van der Waals surface area (Å²) in [4.78, 5) is 12.4. The van der Waals surface area contributed by atoms with Crippen LogP contribution in [0.4, 0.5) is 0 Å². The largest absolute Gasteiger partial charge is 0.497 e. The second kappa shape index (κ2) is 7.21. The fourth-order valence-corrected chi connectivity index (χ4v) is 2.71. The lowest BCUT2D eigenvalue weighted by Gasteiger charge is -2.04. The molecular formula is C20H21N3O2. The molecule has 0 saturated heterocycles. The number of ether oxygens (including phenoxy) is 1. The molecule has 0 unspecified atom stereocenters. The molecule has 0 aliphatic heterocycles. The second-order valence-electron chi connectivity index (χ2n) is 5.94. The van der Waals surface area contributed by atoms with Gasteiger partial charge in [-0.05, 0) is 42.8 Å². The van der Waals surface area contributed by atoms with Crippen molar-refractivity contribution in [3.8, 4) is 17.0 Å². The third kappa shape index (κ3) is 3.88. The maximum absolute atomic E-state index is 12.4. The van der Waals surface area contributed by atoms with Gasteiger partial charge in [0.25, 0.3) is 5.91 Å². The molecule has 0 saturated carbocycles. The van der Waals surface area contributed by atoms with Crippen molar-refractivity contribution < 1.29 is 9.53 Å². The summed E-state index contributed by atoms with van der Waals surface area (Å²) in [6.45, 7) is 2.51. The highest BCUT2D eigenvalue weighted by Crippen LogP contribution is 2.22. The fourth-order valence-electron chi connectivity index (χ4n) is 2.71. The van der Waals surface area contributed by atoms with Gasteiger partial charge in [0.2, 0.25) is 0 Å². The van der Waals surface area contributed by atoms with E-state index in [2.05, 4.69) is 16.5 Å². The quantitative estimate of drug-likeness (QED) is 0.778. The smallest absolute Gasteiger partial charge is 0.272 e. The predicted molar refractivity (Wildman–Crippen MR) is 97.5 cm³/mol. The van der Waals surface area contributed by atoms with E-state index in [1.807, 2.05) is 56.4 Å². The normalized spacial score (nSPS) is 10.5. The van der Waals surface area contributed by atoms with Crippen molar-refractivity contribution in [2.75, 3.05) is 7.11 Å². The van der Waals surface area contributed by atoms with Crippen LogP contribution in [0.3, 0.4) is 0 Å². The number of aryl methyl sites for hydroxylation is 2. The van der Waals surface area contributed by atoms with Crippen LogP contribution in [0.1, 0.15) is 21.6 Å². The summed E-state index contributed by atoms with van der Waals surface area (Å²) in [7, 11) is 3.46. The van der Waals surface area contributed by atoms with Crippen LogP contribution >= 0.6 is 0 Å². The van der Waals surface area contributed by atoms with Gasteiger partial charge >= 0.3 is 0 Å². The molecule has 1 amide bonds. The molecule has 1 N–H and O–H groups in total. The molecule has 3 aromatic rings. The van der Waals surface area contributed by atoms with Crippen LogP contribution in [0.2, 0.25) is 0 Å². The van der Waals surface area contributed by atoms with Gasteiger partial charge in [-0.15, -0.1) is 0 Å². The van der Waals surface area contributed by atoms with E-state index in [0.29, 0.717) is 12.2 Å². The number of nitrogens with one attached hydrogen (secondary N) is 1. The summed E-state index contributed by atoms with van der Waals surface area (Å²) in [5.41, 5.74) is 4.50. The van der Waals surface area contributed by atoms with Crippen molar-refractivity contribution in [1.29, 1.82) is 0 Å². The number of carbonyl (C=O) groups excluding carboxylic acids is 1. The Bertz CT molecular complexity index is 882. The summed E-state index contributed by atoms with van der Waals surface area (Å²) in [5, 5.41) is 7.25. The Kier molecular flexibility index (Phi) is 4.84. The molecule has 3 rings (SSSR count). The molecule has 25 heavy (non-hydrogen) atoms. The number of benzene rings is 2. The van der Waals surface area contributed by atoms with E-state index in [1.165, 1.54) is 5.56 Å². The molecule has 5 heteroatoms. The maximum atomic E-state index is 12.4. The van der Waals surface area contributed by atoms with E-state index in [1.54, 1.807) is 17.9 Å². The first-order chi connectivity index (χ1) is 12.1. The van der Waals surface area contributed by atoms with Gasteiger partial charge in [-0.2, -0.15) is 5.10 Å². The predicted octanol–water partition coefficient (Wildman–Crippen LogP) is 3.33. The molecule has 0 radical (unpaired) electrons. The number of hydrogen-bond acceptors (Lipinski definition) is 3. The van der Waals surface area contributed by atoms with E-state index in [0.717, 1.165) is 22.6 Å². The lowest BCUT2D eigenvalue weighted by Crippen LogP contribution is -2.23. The minimum absolute atomic E-state index is 0.183. The first-order valence-corrected chi connectivity index (χ1v) is 8.09. The summed E-state index contributed by atoms with van der Waals surface area (Å²) in [6.07, 6.45) is 0. The molecule has 0 bridgehead atoms. The topological polar surface area (TPSA) is 56.1 Å². The first-order valence-electron chi connectivity index (χ1n) is 8.09. The standard InChI is InChI=1S/C20H21N3O2/c1-14-5-4-6-15(11-14)13-21-20(24)18-12-19(23(2)22-18)16-7-9-17(25-3)10-8-16/h4-12H,13H2,1-3H3,(H,21,24). The maximum Gasteiger partial charge on any atom is 0.272 e. The van der Waals surface area contributed by atoms with Crippen molar-refractivity contribution in [3.63, 3.8) is 0 Å². The number of rotatable bonds is 5. The zero-order valence-electron chi connectivity index (χ0n) is 14.6. The first kappa shape index (κ1) is 16.8. The Morgan fingerprint density at radius 2 is 1.92 bits per heavy atom. The zero-order chi connectivity index (χ0) is 17.8. The molecule has 1 aromatic heterocycles. The highest BCUT2D eigenvalue weighted by Gasteiger charge is 2.14. The minimum Gasteiger partial charge on any atom is -0.497 e. The highest BCUT2D eigenvalue weighted by atomic mass is 16.5. The van der Waals surface area contributed by atoms with Gasteiger partial charge in [0.15, 0.2) is 5.69 Å². The Labute approximate surface area is 147 Å². The van der Waals surface area contributed by atoms with Crippen molar-refractivity contribution in [1.82, 2.24) is 15.1 Å². The molecule has 1 heterocycles. The van der Waals surface area contributed by atoms with Gasteiger partial charge in [-0.1, -0.05) is 29.8 Å². The van der Waals surface area contributed by atoms with Gasteiger partial charge in [-0.3, -0.25) is 9.48 Å². The lowest BCUT2D eigenvalue weighted by molar-refractivity contribution is 0.0945. The number of carbonyl (C=O) groups is 1. The van der Waals surface area contributed by atoms with E-state index in [4.69, 9.17) is 4.74 Å². The van der Waals surface area contributed by atoms with E-state index >= 15 is 0 Å². The average molecular weight is 335 g/mol. The monoisotopic (exact) mass is 335 g/mol. The van der Waals surface area contributed by atoms with Gasteiger partial charge in [0.1, 0.15) is 5.75 Å². The third-order valence-electron chi connectivity index (χ3n) is 4.03. The Morgan fingerprint density at radius 1 is 1.16 bits per heavy atom. The third-order valence-corrected chi connectivity index (χ3v) is 4.03. The summed E-state index contributed by atoms with van der Waals surface area (Å²) < 4.78 is 6.89. The number of methoxy groups -OCH3 is 1. The molecule has 5 nitrogen and oxygen atoms in total. The van der Waals surface area contributed by atoms with Gasteiger partial charge < -0.3 is 10.1 Å². The highest BCUT2D eigenvalue weighted by molar-refractivity contribution is 5.93. The SMILES string of the molecule is COc1ccc(-c2cc(C(=O)NCc3cccc(C)c3)nn2C)cc1. The molecule has 2 aromatic carbocycles. The molecule has 0 atom stereocenters. The van der Waals surface area contributed by atoms with E-state index in [9.17, 15) is 4.79 Å². The van der Waals surface area contributed by atoms with Gasteiger partial charge in [0.05, 0.1) is 12.8 Å². The molecule has 0 fully saturated rings. The lowest BCUT2D eigenvalue weighted by atomic mass is 10.1. The van der Waals surface area contributed by atoms with Crippen molar-refractivity contribution >= 4 is 5.91 Å². The van der Waals surface area contributed by atoms with Crippen LogP contribution in [0, 0.1) is 6.92 Å². The van der Waals surface area contributed by atoms with Crippen LogP contribution in [0.15, 0.2) is 54.6 Å². The fraction of sp³-hybridized carbons (Fsp3) is 0.200. The molecular weight excluding hydrogens is 314 g/mol. The molecule has 0 aliphatic carbocycles. The number of nitrogens with zero attached hydrogens (tertiary/aromatic N) is 2. The van der Waals surface area contributed by atoms with E-state index in [-0.39, 0.29) is 5.91 Å². The minimum atomic E-state index is -0.183. The Morgan fingerprint density at radius 3 is 2.60 bits per heavy atom. The number of hydrogen-bond donors (Lipinski definition) is 1. The summed E-state index contributed by atoms with van der Waals surface area (Å²) in [5.74, 6) is 0.610. The van der Waals surface area contributed by atoms with Crippen molar-refractivity contribution in [2.45, 2.75) is 13.5 Å². The average Bonchev–Trinajstić information content (AvgIpc) is 3.02. The Hall–Kier alpha value is -3.08. The summed E-state index contributed by atoms with van der Waals surface area (Å²) >= 11 is 0.